The molecule has 0 unspecified atom stereocenters. The summed E-state index contributed by atoms with van der Waals surface area (Å²) in [6.45, 7) is 6.60. The zero-order chi connectivity index (χ0) is 18.7. The first-order valence-corrected chi connectivity index (χ1v) is 9.09. The molecule has 0 aliphatic carbocycles. The van der Waals surface area contributed by atoms with Crippen LogP contribution in [-0.2, 0) is 16.0 Å². The minimum absolute atomic E-state index is 0.0117. The van der Waals surface area contributed by atoms with E-state index in [0.717, 1.165) is 41.4 Å². The average Bonchev–Trinajstić information content (AvgIpc) is 3.23. The van der Waals surface area contributed by atoms with Gasteiger partial charge in [-0.3, -0.25) is 4.79 Å². The molecule has 3 rings (SSSR count). The van der Waals surface area contributed by atoms with E-state index in [1.54, 1.807) is 7.11 Å². The van der Waals surface area contributed by atoms with Gasteiger partial charge in [0.2, 0.25) is 0 Å². The van der Waals surface area contributed by atoms with Gasteiger partial charge in [0.25, 0.3) is 5.91 Å². The van der Waals surface area contributed by atoms with Gasteiger partial charge in [-0.2, -0.15) is 0 Å². The maximum absolute atomic E-state index is 12.9. The molecule has 0 bridgehead atoms. The Balaban J connectivity index is 1.73. The van der Waals surface area contributed by atoms with Crippen molar-refractivity contribution in [3.05, 3.63) is 47.0 Å². The summed E-state index contributed by atoms with van der Waals surface area (Å²) in [5.74, 6) is 1.54. The molecule has 6 heteroatoms. The molecular weight excluding hydrogens is 330 g/mol. The highest BCUT2D eigenvalue weighted by Crippen LogP contribution is 2.32. The largest absolute Gasteiger partial charge is 0.483 e. The van der Waals surface area contributed by atoms with E-state index >= 15 is 0 Å². The van der Waals surface area contributed by atoms with Gasteiger partial charge in [-0.25, -0.2) is 4.98 Å². The molecule has 1 aromatic heterocycles. The van der Waals surface area contributed by atoms with Crippen LogP contribution in [0.4, 0.5) is 0 Å². The minimum Gasteiger partial charge on any atom is -0.483 e. The van der Waals surface area contributed by atoms with Crippen LogP contribution >= 0.6 is 0 Å². The SMILES string of the molecule is CCc1ccccc1OCC(=O)N1C[C@H](OC)C[C@H]1c1nc(C)c(C)[nH]1. The quantitative estimate of drug-likeness (QED) is 0.863. The van der Waals surface area contributed by atoms with E-state index in [-0.39, 0.29) is 24.7 Å². The first kappa shape index (κ1) is 18.5. The lowest BCUT2D eigenvalue weighted by Gasteiger charge is -2.23. The fourth-order valence-electron chi connectivity index (χ4n) is 3.40. The topological polar surface area (TPSA) is 67.4 Å². The van der Waals surface area contributed by atoms with Crippen LogP contribution in [0.25, 0.3) is 0 Å². The van der Waals surface area contributed by atoms with Crippen LogP contribution in [0.1, 0.15) is 42.2 Å². The molecule has 1 amide bonds. The lowest BCUT2D eigenvalue weighted by Crippen LogP contribution is -2.36. The molecule has 140 valence electrons. The predicted molar refractivity (Wildman–Crippen MR) is 99.2 cm³/mol. The van der Waals surface area contributed by atoms with Crippen molar-refractivity contribution in [1.29, 1.82) is 0 Å². The maximum atomic E-state index is 12.9. The number of amides is 1. The van der Waals surface area contributed by atoms with Crippen LogP contribution in [0, 0.1) is 13.8 Å². The second kappa shape index (κ2) is 7.91. The molecule has 0 spiro atoms. The van der Waals surface area contributed by atoms with Crippen molar-refractivity contribution in [3.63, 3.8) is 0 Å². The van der Waals surface area contributed by atoms with Crippen molar-refractivity contribution in [3.8, 4) is 5.75 Å². The van der Waals surface area contributed by atoms with Crippen molar-refractivity contribution in [2.45, 2.75) is 45.8 Å². The van der Waals surface area contributed by atoms with E-state index in [1.807, 2.05) is 43.0 Å². The van der Waals surface area contributed by atoms with Gasteiger partial charge in [-0.1, -0.05) is 25.1 Å². The summed E-state index contributed by atoms with van der Waals surface area (Å²) in [5.41, 5.74) is 3.09. The second-order valence-corrected chi connectivity index (χ2v) is 6.74. The third kappa shape index (κ3) is 3.75. The van der Waals surface area contributed by atoms with Gasteiger partial charge in [0, 0.05) is 25.8 Å². The number of benzene rings is 1. The Labute approximate surface area is 154 Å². The van der Waals surface area contributed by atoms with Crippen molar-refractivity contribution >= 4 is 5.91 Å². The number of ether oxygens (including phenoxy) is 2. The third-order valence-corrected chi connectivity index (χ3v) is 5.08. The van der Waals surface area contributed by atoms with E-state index < -0.39 is 0 Å². The number of aromatic amines is 1. The van der Waals surface area contributed by atoms with Crippen molar-refractivity contribution in [2.75, 3.05) is 20.3 Å². The van der Waals surface area contributed by atoms with Gasteiger partial charge in [0.1, 0.15) is 11.6 Å². The molecule has 2 aromatic rings. The Morgan fingerprint density at radius 3 is 2.77 bits per heavy atom. The predicted octanol–water partition coefficient (Wildman–Crippen LogP) is 2.96. The number of H-pyrrole nitrogens is 1. The molecule has 1 N–H and O–H groups in total. The first-order chi connectivity index (χ1) is 12.5. The zero-order valence-corrected chi connectivity index (χ0v) is 15.9. The van der Waals surface area contributed by atoms with E-state index in [2.05, 4.69) is 16.9 Å². The van der Waals surface area contributed by atoms with Crippen molar-refractivity contribution in [2.24, 2.45) is 0 Å². The van der Waals surface area contributed by atoms with Gasteiger partial charge >= 0.3 is 0 Å². The minimum atomic E-state index is -0.107. The average molecular weight is 357 g/mol. The number of aromatic nitrogens is 2. The number of rotatable bonds is 6. The molecule has 1 fully saturated rings. The molecular formula is C20H27N3O3. The molecule has 0 radical (unpaired) electrons. The Morgan fingerprint density at radius 1 is 1.35 bits per heavy atom. The standard InChI is InChI=1S/C20H27N3O3/c1-5-15-8-6-7-9-18(15)26-12-19(24)23-11-16(25-4)10-17(23)20-21-13(2)14(3)22-20/h6-9,16-17H,5,10-12H2,1-4H3,(H,21,22)/t16-,17+/m1/s1. The van der Waals surface area contributed by atoms with E-state index in [9.17, 15) is 4.79 Å². The van der Waals surface area contributed by atoms with Gasteiger partial charge in [-0.05, 0) is 31.9 Å². The van der Waals surface area contributed by atoms with Crippen LogP contribution in [0.3, 0.4) is 0 Å². The number of nitrogens with zero attached hydrogens (tertiary/aromatic N) is 2. The number of imidazole rings is 1. The Morgan fingerprint density at radius 2 is 2.12 bits per heavy atom. The summed E-state index contributed by atoms with van der Waals surface area (Å²) < 4.78 is 11.3. The molecule has 1 aliphatic heterocycles. The molecule has 26 heavy (non-hydrogen) atoms. The lowest BCUT2D eigenvalue weighted by atomic mass is 10.1. The molecule has 1 aliphatic rings. The number of methoxy groups -OCH3 is 1. The van der Waals surface area contributed by atoms with Crippen LogP contribution in [0.2, 0.25) is 0 Å². The molecule has 1 saturated heterocycles. The summed E-state index contributed by atoms with van der Waals surface area (Å²) in [5, 5.41) is 0. The first-order valence-electron chi connectivity index (χ1n) is 9.09. The zero-order valence-electron chi connectivity index (χ0n) is 15.9. The summed E-state index contributed by atoms with van der Waals surface area (Å²) in [7, 11) is 1.68. The lowest BCUT2D eigenvalue weighted by molar-refractivity contribution is -0.134. The number of carbonyl (C=O) groups excluding carboxylic acids is 1. The van der Waals surface area contributed by atoms with Gasteiger partial charge in [-0.15, -0.1) is 0 Å². The number of para-hydroxylation sites is 1. The van der Waals surface area contributed by atoms with Crippen LogP contribution in [0.15, 0.2) is 24.3 Å². The Kier molecular flexibility index (Phi) is 5.61. The van der Waals surface area contributed by atoms with Crippen molar-refractivity contribution in [1.82, 2.24) is 14.9 Å². The van der Waals surface area contributed by atoms with Crippen molar-refractivity contribution < 1.29 is 14.3 Å². The molecule has 2 heterocycles. The number of aryl methyl sites for hydroxylation is 3. The highest BCUT2D eigenvalue weighted by atomic mass is 16.5. The maximum Gasteiger partial charge on any atom is 0.261 e. The molecule has 0 saturated carbocycles. The summed E-state index contributed by atoms with van der Waals surface area (Å²) in [6, 6.07) is 7.73. The van der Waals surface area contributed by atoms with Crippen LogP contribution in [0.5, 0.6) is 5.75 Å². The smallest absolute Gasteiger partial charge is 0.261 e. The Bertz CT molecular complexity index is 752. The summed E-state index contributed by atoms with van der Waals surface area (Å²) in [4.78, 5) is 22.6. The van der Waals surface area contributed by atoms with Gasteiger partial charge in [0.05, 0.1) is 17.8 Å². The normalized spacial score (nSPS) is 19.8. The molecule has 2 atom stereocenters. The van der Waals surface area contributed by atoms with Gasteiger partial charge in [0.15, 0.2) is 6.61 Å². The third-order valence-electron chi connectivity index (χ3n) is 5.08. The summed E-state index contributed by atoms with van der Waals surface area (Å²) >= 11 is 0. The molecule has 6 nitrogen and oxygen atoms in total. The fourth-order valence-corrected chi connectivity index (χ4v) is 3.40. The number of likely N-dealkylation sites (tertiary alicyclic amines) is 1. The Hall–Kier alpha value is -2.34. The van der Waals surface area contributed by atoms with Crippen LogP contribution < -0.4 is 4.74 Å². The molecule has 1 aromatic carbocycles. The van der Waals surface area contributed by atoms with Gasteiger partial charge < -0.3 is 19.4 Å². The van der Waals surface area contributed by atoms with E-state index in [0.29, 0.717) is 6.54 Å². The fraction of sp³-hybridized carbons (Fsp3) is 0.500. The second-order valence-electron chi connectivity index (χ2n) is 6.74. The monoisotopic (exact) mass is 357 g/mol. The number of hydrogen-bond acceptors (Lipinski definition) is 4. The number of hydrogen-bond donors (Lipinski definition) is 1. The number of carbonyl (C=O) groups is 1. The van der Waals surface area contributed by atoms with Crippen LogP contribution in [-0.4, -0.2) is 47.1 Å². The number of nitrogens with one attached hydrogen (secondary N) is 1. The van der Waals surface area contributed by atoms with E-state index in [4.69, 9.17) is 9.47 Å². The summed E-state index contributed by atoms with van der Waals surface area (Å²) in [6.07, 6.45) is 1.62. The highest BCUT2D eigenvalue weighted by molar-refractivity contribution is 5.78. The van der Waals surface area contributed by atoms with E-state index in [1.165, 1.54) is 0 Å². The highest BCUT2D eigenvalue weighted by Gasteiger charge is 2.38.